The van der Waals surface area contributed by atoms with Gasteiger partial charge in [0.1, 0.15) is 4.83 Å². The molecular formula is C26H35N5OS. The molecule has 0 unspecified atom stereocenters. The summed E-state index contributed by atoms with van der Waals surface area (Å²) in [6, 6.07) is 2.60. The van der Waals surface area contributed by atoms with E-state index < -0.39 is 0 Å². The molecule has 0 saturated heterocycles. The van der Waals surface area contributed by atoms with Crippen LogP contribution in [0.4, 0.5) is 0 Å². The molecule has 7 heteroatoms. The van der Waals surface area contributed by atoms with E-state index in [1.165, 1.54) is 48.2 Å². The number of hydrogen-bond acceptors (Lipinski definition) is 5. The van der Waals surface area contributed by atoms with E-state index in [-0.39, 0.29) is 5.56 Å². The third-order valence-electron chi connectivity index (χ3n) is 7.17. The van der Waals surface area contributed by atoms with Crippen molar-refractivity contribution in [3.8, 4) is 0 Å². The molecule has 3 aromatic rings. The van der Waals surface area contributed by atoms with Gasteiger partial charge in [0.2, 0.25) is 0 Å². The molecule has 0 aromatic carbocycles. The first-order valence-corrected chi connectivity index (χ1v) is 13.3. The summed E-state index contributed by atoms with van der Waals surface area (Å²) in [7, 11) is 0. The number of thiophene rings is 1. The summed E-state index contributed by atoms with van der Waals surface area (Å²) < 4.78 is 3.82. The molecule has 5 rings (SSSR count). The molecular weight excluding hydrogens is 430 g/mol. The topological polar surface area (TPSA) is 64.7 Å². The Morgan fingerprint density at radius 1 is 1.21 bits per heavy atom. The summed E-state index contributed by atoms with van der Waals surface area (Å²) in [5, 5.41) is 9.18. The fourth-order valence-corrected chi connectivity index (χ4v) is 6.65. The first kappa shape index (κ1) is 22.5. The molecule has 0 amide bonds. The molecule has 0 saturated carbocycles. The summed E-state index contributed by atoms with van der Waals surface area (Å²) in [5.41, 5.74) is 5.22. The molecule has 1 N–H and O–H groups in total. The van der Waals surface area contributed by atoms with Crippen molar-refractivity contribution in [3.63, 3.8) is 0 Å². The van der Waals surface area contributed by atoms with Crippen LogP contribution in [0.3, 0.4) is 0 Å². The summed E-state index contributed by atoms with van der Waals surface area (Å²) in [5.74, 6) is 0. The van der Waals surface area contributed by atoms with E-state index in [1.54, 1.807) is 27.8 Å². The Morgan fingerprint density at radius 3 is 2.91 bits per heavy atom. The fourth-order valence-electron chi connectivity index (χ4n) is 5.40. The average Bonchev–Trinajstić information content (AvgIpc) is 3.34. The van der Waals surface area contributed by atoms with Gasteiger partial charge < -0.3 is 5.32 Å². The Labute approximate surface area is 199 Å². The van der Waals surface area contributed by atoms with Crippen LogP contribution in [0.2, 0.25) is 0 Å². The molecule has 0 aliphatic heterocycles. The molecule has 0 fully saturated rings. The quantitative estimate of drug-likeness (QED) is 0.490. The number of fused-ring (bicyclic) bond motifs is 3. The molecule has 3 heterocycles. The Morgan fingerprint density at radius 2 is 2.12 bits per heavy atom. The second-order valence-corrected chi connectivity index (χ2v) is 10.8. The van der Waals surface area contributed by atoms with Crippen molar-refractivity contribution >= 4 is 21.6 Å². The van der Waals surface area contributed by atoms with Crippen molar-refractivity contribution in [3.05, 3.63) is 56.2 Å². The van der Waals surface area contributed by atoms with Gasteiger partial charge >= 0.3 is 0 Å². The molecule has 6 nitrogen and oxygen atoms in total. The Bertz CT molecular complexity index is 1220. The van der Waals surface area contributed by atoms with Gasteiger partial charge in [0.15, 0.2) is 0 Å². The average molecular weight is 466 g/mol. The summed E-state index contributed by atoms with van der Waals surface area (Å²) >= 11 is 1.72. The van der Waals surface area contributed by atoms with Gasteiger partial charge in [-0.05, 0) is 89.8 Å². The first-order valence-electron chi connectivity index (χ1n) is 12.5. The van der Waals surface area contributed by atoms with E-state index in [4.69, 9.17) is 0 Å². The SMILES string of the molecule is Cc1cc(C)n(CCCn2cnc3sc4c(c3c2=O)CC[C@@H](NCCC2=CCCCC2)C4)n1. The molecule has 0 bridgehead atoms. The Hall–Kier alpha value is -2.25. The van der Waals surface area contributed by atoms with Gasteiger partial charge in [-0.25, -0.2) is 4.98 Å². The third kappa shape index (κ3) is 4.99. The van der Waals surface area contributed by atoms with Gasteiger partial charge in [0, 0.05) is 29.7 Å². The van der Waals surface area contributed by atoms with Crippen LogP contribution in [0, 0.1) is 13.8 Å². The van der Waals surface area contributed by atoms with Crippen LogP contribution in [-0.2, 0) is 25.9 Å². The number of allylic oxidation sites excluding steroid dienone is 1. The van der Waals surface area contributed by atoms with Crippen LogP contribution in [0.25, 0.3) is 10.2 Å². The predicted molar refractivity (Wildman–Crippen MR) is 135 cm³/mol. The number of nitrogens with one attached hydrogen (secondary N) is 1. The van der Waals surface area contributed by atoms with Gasteiger partial charge in [-0.15, -0.1) is 11.3 Å². The smallest absolute Gasteiger partial charge is 0.262 e. The highest BCUT2D eigenvalue weighted by molar-refractivity contribution is 7.18. The fraction of sp³-hybridized carbons (Fsp3) is 0.577. The zero-order valence-electron chi connectivity index (χ0n) is 19.9. The van der Waals surface area contributed by atoms with Crippen molar-refractivity contribution < 1.29 is 0 Å². The lowest BCUT2D eigenvalue weighted by Crippen LogP contribution is -2.35. The van der Waals surface area contributed by atoms with Gasteiger partial charge in [0.25, 0.3) is 5.56 Å². The van der Waals surface area contributed by atoms with Crippen LogP contribution in [0.5, 0.6) is 0 Å². The van der Waals surface area contributed by atoms with Crippen molar-refractivity contribution in [1.29, 1.82) is 0 Å². The van der Waals surface area contributed by atoms with Crippen LogP contribution in [-0.4, -0.2) is 31.9 Å². The molecule has 1 atom stereocenters. The number of aryl methyl sites for hydroxylation is 5. The van der Waals surface area contributed by atoms with E-state index >= 15 is 0 Å². The van der Waals surface area contributed by atoms with Crippen LogP contribution >= 0.6 is 11.3 Å². The lowest BCUT2D eigenvalue weighted by Gasteiger charge is -2.24. The molecule has 176 valence electrons. The van der Waals surface area contributed by atoms with E-state index in [0.717, 1.165) is 54.7 Å². The number of hydrogen-bond donors (Lipinski definition) is 1. The highest BCUT2D eigenvalue weighted by atomic mass is 32.1. The van der Waals surface area contributed by atoms with Gasteiger partial charge in [-0.1, -0.05) is 11.6 Å². The number of aromatic nitrogens is 4. The maximum atomic E-state index is 13.3. The molecule has 3 aromatic heterocycles. The van der Waals surface area contributed by atoms with E-state index in [2.05, 4.69) is 34.5 Å². The molecule has 0 spiro atoms. The summed E-state index contributed by atoms with van der Waals surface area (Å²) in [6.45, 7) is 6.64. The van der Waals surface area contributed by atoms with Crippen LogP contribution in [0.1, 0.15) is 66.8 Å². The second kappa shape index (κ2) is 9.94. The maximum absolute atomic E-state index is 13.3. The zero-order chi connectivity index (χ0) is 22.8. The first-order chi connectivity index (χ1) is 16.1. The standard InChI is InChI=1S/C26H35N5OS/c1-18-15-19(2)31(29-18)14-6-13-30-17-28-25-24(26(30)32)22-10-9-21(16-23(22)33-25)27-12-11-20-7-4-3-5-8-20/h7,15,17,21,27H,3-6,8-14,16H2,1-2H3/t21-/m1/s1. The third-order valence-corrected chi connectivity index (χ3v) is 8.33. The highest BCUT2D eigenvalue weighted by Gasteiger charge is 2.25. The van der Waals surface area contributed by atoms with E-state index in [9.17, 15) is 4.79 Å². The molecule has 2 aliphatic carbocycles. The monoisotopic (exact) mass is 465 g/mol. The number of rotatable bonds is 8. The zero-order valence-corrected chi connectivity index (χ0v) is 20.7. The van der Waals surface area contributed by atoms with Crippen LogP contribution < -0.4 is 10.9 Å². The van der Waals surface area contributed by atoms with Gasteiger partial charge in [-0.2, -0.15) is 5.10 Å². The van der Waals surface area contributed by atoms with Crippen molar-refractivity contribution in [2.75, 3.05) is 6.54 Å². The summed E-state index contributed by atoms with van der Waals surface area (Å²) in [4.78, 5) is 20.2. The van der Waals surface area contributed by atoms with Crippen molar-refractivity contribution in [1.82, 2.24) is 24.6 Å². The predicted octanol–water partition coefficient (Wildman–Crippen LogP) is 4.70. The minimum atomic E-state index is 0.126. The molecule has 33 heavy (non-hydrogen) atoms. The summed E-state index contributed by atoms with van der Waals surface area (Å²) in [6.07, 6.45) is 14.6. The molecule has 0 radical (unpaired) electrons. The minimum absolute atomic E-state index is 0.126. The highest BCUT2D eigenvalue weighted by Crippen LogP contribution is 2.33. The van der Waals surface area contributed by atoms with Crippen LogP contribution in [0.15, 0.2) is 28.8 Å². The Kier molecular flexibility index (Phi) is 6.79. The van der Waals surface area contributed by atoms with Gasteiger partial charge in [0.05, 0.1) is 17.4 Å². The van der Waals surface area contributed by atoms with Crippen molar-refractivity contribution in [2.24, 2.45) is 0 Å². The normalized spacial score (nSPS) is 18.5. The lowest BCUT2D eigenvalue weighted by atomic mass is 9.92. The molecule has 2 aliphatic rings. The Balaban J connectivity index is 1.22. The largest absolute Gasteiger partial charge is 0.313 e. The maximum Gasteiger partial charge on any atom is 0.262 e. The van der Waals surface area contributed by atoms with Gasteiger partial charge in [-0.3, -0.25) is 14.0 Å². The number of nitrogens with zero attached hydrogens (tertiary/aromatic N) is 4. The minimum Gasteiger partial charge on any atom is -0.313 e. The second-order valence-electron chi connectivity index (χ2n) is 9.68. The van der Waals surface area contributed by atoms with E-state index in [1.807, 2.05) is 11.6 Å². The lowest BCUT2D eigenvalue weighted by molar-refractivity contribution is 0.463. The van der Waals surface area contributed by atoms with E-state index in [0.29, 0.717) is 12.6 Å². The van der Waals surface area contributed by atoms with Crippen molar-refractivity contribution in [2.45, 2.75) is 90.8 Å².